The van der Waals surface area contributed by atoms with E-state index in [0.717, 1.165) is 0 Å². The van der Waals surface area contributed by atoms with Crippen LogP contribution in [0.25, 0.3) is 0 Å². The SMILES string of the molecule is OCC(O)I.[Al]. The Morgan fingerprint density at radius 2 is 1.83 bits per heavy atom. The highest BCUT2D eigenvalue weighted by Crippen LogP contribution is 1.88. The van der Waals surface area contributed by atoms with E-state index in [4.69, 9.17) is 10.2 Å². The van der Waals surface area contributed by atoms with Crippen molar-refractivity contribution in [3.8, 4) is 0 Å². The van der Waals surface area contributed by atoms with E-state index in [2.05, 4.69) is 0 Å². The zero-order valence-corrected chi connectivity index (χ0v) is 6.45. The number of aliphatic hydroxyl groups excluding tert-OH is 2. The van der Waals surface area contributed by atoms with Crippen LogP contribution in [0.2, 0.25) is 0 Å². The van der Waals surface area contributed by atoms with Gasteiger partial charge in [0.15, 0.2) is 0 Å². The van der Waals surface area contributed by atoms with Crippen molar-refractivity contribution >= 4 is 40.0 Å². The molecule has 2 nitrogen and oxygen atoms in total. The molecule has 6 heavy (non-hydrogen) atoms. The molecule has 0 saturated heterocycles. The highest BCUT2D eigenvalue weighted by Gasteiger charge is 1.85. The third-order valence-corrected chi connectivity index (χ3v) is 0.545. The fraction of sp³-hybridized carbons (Fsp3) is 1.00. The third-order valence-electron chi connectivity index (χ3n) is 0.151. The molecule has 0 amide bonds. The molecule has 0 rings (SSSR count). The molecule has 0 aromatic heterocycles. The number of aliphatic hydroxyl groups is 2. The van der Waals surface area contributed by atoms with E-state index < -0.39 is 4.11 Å². The van der Waals surface area contributed by atoms with Gasteiger partial charge in [-0.1, -0.05) is 0 Å². The van der Waals surface area contributed by atoms with Crippen LogP contribution in [0.5, 0.6) is 0 Å². The molecule has 1 atom stereocenters. The number of alkyl halides is 1. The van der Waals surface area contributed by atoms with E-state index in [0.29, 0.717) is 0 Å². The van der Waals surface area contributed by atoms with Gasteiger partial charge in [-0.25, -0.2) is 0 Å². The van der Waals surface area contributed by atoms with Crippen molar-refractivity contribution in [3.05, 3.63) is 0 Å². The molecule has 0 aliphatic rings. The lowest BCUT2D eigenvalue weighted by Gasteiger charge is -1.87. The highest BCUT2D eigenvalue weighted by molar-refractivity contribution is 14.1. The van der Waals surface area contributed by atoms with Crippen LogP contribution in [0, 0.1) is 0 Å². The molecular formula is C2H5AlIO2. The summed E-state index contributed by atoms with van der Waals surface area (Å²) in [6.07, 6.45) is 0. The maximum atomic E-state index is 8.10. The molecule has 1 unspecified atom stereocenters. The molecule has 0 heterocycles. The number of rotatable bonds is 1. The molecule has 0 fully saturated rings. The summed E-state index contributed by atoms with van der Waals surface area (Å²) >= 11 is 1.71. The lowest BCUT2D eigenvalue weighted by Crippen LogP contribution is -1.98. The molecule has 0 spiro atoms. The lowest BCUT2D eigenvalue weighted by atomic mass is 10.8. The second kappa shape index (κ2) is 6.18. The Labute approximate surface area is 60.8 Å². The average molecular weight is 215 g/mol. The second-order valence-corrected chi connectivity index (χ2v) is 2.05. The fourth-order valence-electron chi connectivity index (χ4n) is 0. The molecule has 0 bridgehead atoms. The standard InChI is InChI=1S/C2H5IO2.Al/c3-2(5)1-4;/h2,4-5H,1H2;. The van der Waals surface area contributed by atoms with Crippen LogP contribution in [0.3, 0.4) is 0 Å². The van der Waals surface area contributed by atoms with Gasteiger partial charge in [-0.15, -0.1) is 0 Å². The van der Waals surface area contributed by atoms with Crippen molar-refractivity contribution in [2.24, 2.45) is 0 Å². The van der Waals surface area contributed by atoms with Gasteiger partial charge in [0.1, 0.15) is 4.11 Å². The molecule has 4 heteroatoms. The molecule has 35 valence electrons. The predicted molar refractivity (Wildman–Crippen MR) is 32.9 cm³/mol. The summed E-state index contributed by atoms with van der Waals surface area (Å²) in [5, 5.41) is 16.0. The summed E-state index contributed by atoms with van der Waals surface area (Å²) in [5.41, 5.74) is 0. The summed E-state index contributed by atoms with van der Waals surface area (Å²) < 4.78 is -0.590. The van der Waals surface area contributed by atoms with Crippen molar-refractivity contribution in [1.82, 2.24) is 0 Å². The van der Waals surface area contributed by atoms with Crippen molar-refractivity contribution in [2.75, 3.05) is 6.61 Å². The fourth-order valence-corrected chi connectivity index (χ4v) is 0. The first-order chi connectivity index (χ1) is 2.27. The van der Waals surface area contributed by atoms with Gasteiger partial charge < -0.3 is 10.2 Å². The molecule has 0 aliphatic heterocycles. The third kappa shape index (κ3) is 8.95. The van der Waals surface area contributed by atoms with Gasteiger partial charge in [0.05, 0.1) is 6.61 Å². The van der Waals surface area contributed by atoms with Crippen molar-refractivity contribution in [1.29, 1.82) is 0 Å². The minimum Gasteiger partial charge on any atom is -0.393 e. The Bertz CT molecular complexity index is 25.5. The van der Waals surface area contributed by atoms with Crippen LogP contribution in [-0.2, 0) is 0 Å². The zero-order valence-electron chi connectivity index (χ0n) is 3.13. The van der Waals surface area contributed by atoms with Gasteiger partial charge in [0, 0.05) is 17.4 Å². The first-order valence-electron chi connectivity index (χ1n) is 1.20. The molecule has 0 saturated carbocycles. The van der Waals surface area contributed by atoms with Gasteiger partial charge >= 0.3 is 0 Å². The van der Waals surface area contributed by atoms with Crippen molar-refractivity contribution < 1.29 is 10.2 Å². The smallest absolute Gasteiger partial charge is 0.128 e. The van der Waals surface area contributed by atoms with E-state index >= 15 is 0 Å². The van der Waals surface area contributed by atoms with Crippen LogP contribution in [0.4, 0.5) is 0 Å². The normalized spacial score (nSPS) is 12.5. The number of halogens is 1. The van der Waals surface area contributed by atoms with E-state index in [-0.39, 0.29) is 24.0 Å². The number of hydrogen-bond donors (Lipinski definition) is 2. The molecule has 0 aromatic rings. The first-order valence-corrected chi connectivity index (χ1v) is 2.45. The topological polar surface area (TPSA) is 40.5 Å². The van der Waals surface area contributed by atoms with E-state index in [1.54, 1.807) is 22.6 Å². The van der Waals surface area contributed by atoms with Gasteiger partial charge in [-0.05, 0) is 22.6 Å². The molecule has 0 aliphatic carbocycles. The molecule has 2 N–H and O–H groups in total. The second-order valence-electron chi connectivity index (χ2n) is 0.617. The average Bonchev–Trinajstić information content (AvgIpc) is 1.38. The van der Waals surface area contributed by atoms with Crippen LogP contribution < -0.4 is 0 Å². The van der Waals surface area contributed by atoms with Crippen LogP contribution >= 0.6 is 22.6 Å². The summed E-state index contributed by atoms with van der Waals surface area (Å²) in [7, 11) is 0. The predicted octanol–water partition coefficient (Wildman–Crippen LogP) is -0.649. The largest absolute Gasteiger partial charge is 0.393 e. The molecule has 0 aromatic carbocycles. The van der Waals surface area contributed by atoms with Gasteiger partial charge in [0.2, 0.25) is 0 Å². The van der Waals surface area contributed by atoms with Crippen molar-refractivity contribution in [3.63, 3.8) is 0 Å². The van der Waals surface area contributed by atoms with Gasteiger partial charge in [0.25, 0.3) is 0 Å². The van der Waals surface area contributed by atoms with Crippen LogP contribution in [0.1, 0.15) is 0 Å². The van der Waals surface area contributed by atoms with E-state index in [1.165, 1.54) is 0 Å². The summed E-state index contributed by atoms with van der Waals surface area (Å²) in [5.74, 6) is 0. The monoisotopic (exact) mass is 215 g/mol. The van der Waals surface area contributed by atoms with Crippen LogP contribution in [0.15, 0.2) is 0 Å². The summed E-state index contributed by atoms with van der Waals surface area (Å²) in [6.45, 7) is -0.152. The maximum Gasteiger partial charge on any atom is 0.128 e. The van der Waals surface area contributed by atoms with Gasteiger partial charge in [-0.2, -0.15) is 0 Å². The minimum absolute atomic E-state index is 0. The van der Waals surface area contributed by atoms with Crippen molar-refractivity contribution in [2.45, 2.75) is 4.11 Å². The highest BCUT2D eigenvalue weighted by atomic mass is 127. The van der Waals surface area contributed by atoms with Crippen LogP contribution in [-0.4, -0.2) is 38.3 Å². The number of hydrogen-bond acceptors (Lipinski definition) is 2. The summed E-state index contributed by atoms with van der Waals surface area (Å²) in [4.78, 5) is 0. The van der Waals surface area contributed by atoms with E-state index in [9.17, 15) is 0 Å². The molecule has 3 radical (unpaired) electrons. The summed E-state index contributed by atoms with van der Waals surface area (Å²) in [6, 6.07) is 0. The zero-order chi connectivity index (χ0) is 4.28. The quantitative estimate of drug-likeness (QED) is 0.346. The Balaban J connectivity index is 0. The minimum atomic E-state index is -0.590. The Morgan fingerprint density at radius 1 is 1.67 bits per heavy atom. The molecular weight excluding hydrogens is 210 g/mol. The Hall–Kier alpha value is 1.18. The Kier molecular flexibility index (Phi) is 10.5. The first kappa shape index (κ1) is 10.2. The van der Waals surface area contributed by atoms with Gasteiger partial charge in [-0.3, -0.25) is 0 Å². The maximum absolute atomic E-state index is 8.10. The van der Waals surface area contributed by atoms with E-state index in [1.807, 2.05) is 0 Å². The lowest BCUT2D eigenvalue weighted by molar-refractivity contribution is 0.172. The Morgan fingerprint density at radius 3 is 1.83 bits per heavy atom.